The molecule has 0 aliphatic heterocycles. The molecule has 0 saturated heterocycles. The Morgan fingerprint density at radius 3 is 2.33 bits per heavy atom. The Balaban J connectivity index is 2.79. The van der Waals surface area contributed by atoms with Crippen molar-refractivity contribution in [3.8, 4) is 0 Å². The number of rotatable bonds is 6. The van der Waals surface area contributed by atoms with Gasteiger partial charge in [0.2, 0.25) is 5.91 Å². The molecule has 10 heteroatoms. The number of nitro benzene ring substituents is 1. The SMILES string of the molecule is CCOC(=O)CC(=O)NS(=O)(=O)c1ccc([N+](=O)[O-])cc1. The number of hydrogen-bond acceptors (Lipinski definition) is 7. The van der Waals surface area contributed by atoms with Gasteiger partial charge in [-0.05, 0) is 19.1 Å². The molecule has 0 spiro atoms. The van der Waals surface area contributed by atoms with Gasteiger partial charge in [0, 0.05) is 12.1 Å². The van der Waals surface area contributed by atoms with Crippen molar-refractivity contribution in [2.45, 2.75) is 18.2 Å². The molecule has 0 heterocycles. The highest BCUT2D eigenvalue weighted by Gasteiger charge is 2.20. The summed E-state index contributed by atoms with van der Waals surface area (Å²) in [7, 11) is -4.19. The number of amides is 1. The first kappa shape index (κ1) is 16.6. The maximum absolute atomic E-state index is 11.8. The van der Waals surface area contributed by atoms with E-state index < -0.39 is 33.2 Å². The van der Waals surface area contributed by atoms with Crippen LogP contribution in [0.15, 0.2) is 29.2 Å². The summed E-state index contributed by atoms with van der Waals surface area (Å²) < 4.78 is 29.8. The maximum atomic E-state index is 11.8. The topological polar surface area (TPSA) is 133 Å². The van der Waals surface area contributed by atoms with Gasteiger partial charge in [-0.25, -0.2) is 13.1 Å². The van der Waals surface area contributed by atoms with Crippen LogP contribution in [0.5, 0.6) is 0 Å². The van der Waals surface area contributed by atoms with Gasteiger partial charge in [0.05, 0.1) is 16.4 Å². The van der Waals surface area contributed by atoms with Crippen LogP contribution < -0.4 is 4.72 Å². The van der Waals surface area contributed by atoms with E-state index >= 15 is 0 Å². The molecule has 21 heavy (non-hydrogen) atoms. The van der Waals surface area contributed by atoms with Crippen molar-refractivity contribution in [2.75, 3.05) is 6.61 Å². The van der Waals surface area contributed by atoms with E-state index in [9.17, 15) is 28.1 Å². The fraction of sp³-hybridized carbons (Fsp3) is 0.273. The van der Waals surface area contributed by atoms with E-state index in [-0.39, 0.29) is 17.2 Å². The van der Waals surface area contributed by atoms with Crippen molar-refractivity contribution >= 4 is 27.6 Å². The lowest BCUT2D eigenvalue weighted by atomic mass is 10.3. The third kappa shape index (κ3) is 4.84. The second kappa shape index (κ2) is 6.79. The zero-order valence-corrected chi connectivity index (χ0v) is 11.8. The number of nitrogens with one attached hydrogen (secondary N) is 1. The summed E-state index contributed by atoms with van der Waals surface area (Å²) in [6, 6.07) is 3.95. The monoisotopic (exact) mass is 316 g/mol. The Morgan fingerprint density at radius 2 is 1.86 bits per heavy atom. The summed E-state index contributed by atoms with van der Waals surface area (Å²) in [6.07, 6.45) is -0.736. The molecule has 0 bridgehead atoms. The molecule has 114 valence electrons. The largest absolute Gasteiger partial charge is 0.466 e. The van der Waals surface area contributed by atoms with Crippen LogP contribution in [-0.4, -0.2) is 31.8 Å². The fourth-order valence-electron chi connectivity index (χ4n) is 1.33. The number of benzene rings is 1. The third-order valence-electron chi connectivity index (χ3n) is 2.22. The van der Waals surface area contributed by atoms with Gasteiger partial charge in [-0.15, -0.1) is 0 Å². The number of carbonyl (C=O) groups is 2. The van der Waals surface area contributed by atoms with Crippen LogP contribution in [0.1, 0.15) is 13.3 Å². The van der Waals surface area contributed by atoms with E-state index in [1.165, 1.54) is 0 Å². The van der Waals surface area contributed by atoms with Crippen LogP contribution in [-0.2, 0) is 24.3 Å². The number of ether oxygens (including phenoxy) is 1. The first-order valence-electron chi connectivity index (χ1n) is 5.72. The van der Waals surface area contributed by atoms with Crippen LogP contribution in [0.4, 0.5) is 5.69 Å². The van der Waals surface area contributed by atoms with Crippen LogP contribution in [0, 0.1) is 10.1 Å². The molecular formula is C11H12N2O7S. The summed E-state index contributed by atoms with van der Waals surface area (Å²) in [5.74, 6) is -1.90. The van der Waals surface area contributed by atoms with Crippen molar-refractivity contribution in [1.82, 2.24) is 4.72 Å². The van der Waals surface area contributed by atoms with Crippen molar-refractivity contribution in [3.63, 3.8) is 0 Å². The Kier molecular flexibility index (Phi) is 5.36. The van der Waals surface area contributed by atoms with Gasteiger partial charge in [0.1, 0.15) is 6.42 Å². The number of sulfonamides is 1. The number of nitro groups is 1. The predicted octanol–water partition coefficient (Wildman–Crippen LogP) is 0.353. The highest BCUT2D eigenvalue weighted by Crippen LogP contribution is 2.15. The van der Waals surface area contributed by atoms with Crippen molar-refractivity contribution in [1.29, 1.82) is 0 Å². The predicted molar refractivity (Wildman–Crippen MR) is 69.7 cm³/mol. The molecule has 9 nitrogen and oxygen atoms in total. The number of esters is 1. The van der Waals surface area contributed by atoms with Gasteiger partial charge in [-0.2, -0.15) is 0 Å². The number of non-ortho nitro benzene ring substituents is 1. The number of hydrogen-bond donors (Lipinski definition) is 1. The maximum Gasteiger partial charge on any atom is 0.315 e. The highest BCUT2D eigenvalue weighted by molar-refractivity contribution is 7.90. The number of carbonyl (C=O) groups excluding carboxylic acids is 2. The summed E-state index contributed by atoms with van der Waals surface area (Å²) in [5, 5.41) is 10.5. The first-order chi connectivity index (χ1) is 9.76. The molecule has 1 N–H and O–H groups in total. The standard InChI is InChI=1S/C11H12N2O7S/c1-2-20-11(15)7-10(14)12-21(18,19)9-5-3-8(4-6-9)13(16)17/h3-6H,2,7H2,1H3,(H,12,14). The lowest BCUT2D eigenvalue weighted by Crippen LogP contribution is -2.32. The summed E-state index contributed by atoms with van der Waals surface area (Å²) in [6.45, 7) is 1.62. The summed E-state index contributed by atoms with van der Waals surface area (Å²) >= 11 is 0. The fourth-order valence-corrected chi connectivity index (χ4v) is 2.32. The molecule has 1 amide bonds. The van der Waals surface area contributed by atoms with Crippen molar-refractivity contribution in [2.24, 2.45) is 0 Å². The minimum Gasteiger partial charge on any atom is -0.466 e. The van der Waals surface area contributed by atoms with E-state index in [0.717, 1.165) is 24.3 Å². The Hall–Kier alpha value is -2.49. The van der Waals surface area contributed by atoms with E-state index in [4.69, 9.17) is 0 Å². The first-order valence-corrected chi connectivity index (χ1v) is 7.20. The average Bonchev–Trinajstić information content (AvgIpc) is 2.38. The average molecular weight is 316 g/mol. The molecular weight excluding hydrogens is 304 g/mol. The highest BCUT2D eigenvalue weighted by atomic mass is 32.2. The lowest BCUT2D eigenvalue weighted by Gasteiger charge is -2.06. The van der Waals surface area contributed by atoms with Gasteiger partial charge < -0.3 is 4.74 Å². The molecule has 0 radical (unpaired) electrons. The second-order valence-corrected chi connectivity index (χ2v) is 5.44. The molecule has 0 unspecified atom stereocenters. The molecule has 0 atom stereocenters. The smallest absolute Gasteiger partial charge is 0.315 e. The van der Waals surface area contributed by atoms with Crippen LogP contribution >= 0.6 is 0 Å². The van der Waals surface area contributed by atoms with Gasteiger partial charge in [0.15, 0.2) is 0 Å². The lowest BCUT2D eigenvalue weighted by molar-refractivity contribution is -0.384. The van der Waals surface area contributed by atoms with Gasteiger partial charge >= 0.3 is 5.97 Å². The summed E-state index contributed by atoms with van der Waals surface area (Å²) in [5.41, 5.74) is -0.285. The van der Waals surface area contributed by atoms with Crippen LogP contribution in [0.2, 0.25) is 0 Å². The molecule has 0 fully saturated rings. The number of nitrogens with zero attached hydrogens (tertiary/aromatic N) is 1. The molecule has 0 saturated carbocycles. The van der Waals surface area contributed by atoms with Crippen LogP contribution in [0.3, 0.4) is 0 Å². The molecule has 0 aromatic heterocycles. The van der Waals surface area contributed by atoms with E-state index in [0.29, 0.717) is 0 Å². The van der Waals surface area contributed by atoms with E-state index in [2.05, 4.69) is 4.74 Å². The van der Waals surface area contributed by atoms with E-state index in [1.807, 2.05) is 0 Å². The van der Waals surface area contributed by atoms with E-state index in [1.54, 1.807) is 11.6 Å². The normalized spacial score (nSPS) is 10.7. The Morgan fingerprint density at radius 1 is 1.29 bits per heavy atom. The second-order valence-electron chi connectivity index (χ2n) is 3.76. The van der Waals surface area contributed by atoms with Crippen LogP contribution in [0.25, 0.3) is 0 Å². The molecule has 0 aliphatic carbocycles. The van der Waals surface area contributed by atoms with Gasteiger partial charge in [-0.1, -0.05) is 0 Å². The zero-order chi connectivity index (χ0) is 16.0. The zero-order valence-electron chi connectivity index (χ0n) is 10.9. The summed E-state index contributed by atoms with van der Waals surface area (Å²) in [4.78, 5) is 31.9. The Bertz CT molecular complexity index is 652. The molecule has 1 aromatic rings. The molecule has 1 rings (SSSR count). The van der Waals surface area contributed by atoms with Gasteiger partial charge in [0.25, 0.3) is 15.7 Å². The quantitative estimate of drug-likeness (QED) is 0.346. The van der Waals surface area contributed by atoms with Gasteiger partial charge in [-0.3, -0.25) is 19.7 Å². The van der Waals surface area contributed by atoms with Crippen molar-refractivity contribution in [3.05, 3.63) is 34.4 Å². The minimum atomic E-state index is -4.19. The third-order valence-corrected chi connectivity index (χ3v) is 3.61. The Labute approximate surface area is 120 Å². The minimum absolute atomic E-state index is 0.0707. The van der Waals surface area contributed by atoms with Crippen molar-refractivity contribution < 1.29 is 27.7 Å². The molecule has 1 aromatic carbocycles. The molecule has 0 aliphatic rings.